The highest BCUT2D eigenvalue weighted by Crippen LogP contribution is 2.30. The Morgan fingerprint density at radius 1 is 0.974 bits per heavy atom. The summed E-state index contributed by atoms with van der Waals surface area (Å²) >= 11 is 0. The van der Waals surface area contributed by atoms with E-state index in [2.05, 4.69) is 35.6 Å². The lowest BCUT2D eigenvalue weighted by Crippen LogP contribution is -2.66. The molecule has 3 N–H and O–H groups in total. The summed E-state index contributed by atoms with van der Waals surface area (Å²) in [5.41, 5.74) is 6.13. The summed E-state index contributed by atoms with van der Waals surface area (Å²) in [5, 5.41) is 5.46. The van der Waals surface area contributed by atoms with Crippen LogP contribution in [0.2, 0.25) is 0 Å². The Bertz CT molecular complexity index is 1370. The molecule has 0 aliphatic carbocycles. The summed E-state index contributed by atoms with van der Waals surface area (Å²) < 4.78 is 5.74. The molecule has 0 aromatic heterocycles. The molecule has 7 nitrogen and oxygen atoms in total. The summed E-state index contributed by atoms with van der Waals surface area (Å²) in [6.45, 7) is 8.99. The molecule has 0 radical (unpaired) electrons. The van der Waals surface area contributed by atoms with Gasteiger partial charge in [0.05, 0.1) is 12.1 Å². The van der Waals surface area contributed by atoms with Crippen molar-refractivity contribution >= 4 is 28.4 Å². The van der Waals surface area contributed by atoms with Crippen LogP contribution < -0.4 is 11.1 Å². The van der Waals surface area contributed by atoms with Gasteiger partial charge in [0.25, 0.3) is 0 Å². The zero-order valence-electron chi connectivity index (χ0n) is 23.5. The number of ether oxygens (including phenoxy) is 1. The third-order valence-corrected chi connectivity index (χ3v) is 7.20. The van der Waals surface area contributed by atoms with Gasteiger partial charge < -0.3 is 20.7 Å². The van der Waals surface area contributed by atoms with Crippen molar-refractivity contribution in [2.24, 2.45) is 5.73 Å². The standard InChI is InChI=1S/C32H39N3O4/c1-21(33)29(37)35(32(5,30(38)39-31(2,3)4)28(36)27-14-9-17-34-27)20-22-10-8-13-24(18-22)26-16-15-23-11-6-7-12-25(23)19-26/h6-8,10-13,15-16,18-19,21,27,34H,9,14,17,20,33H2,1-5H3. The van der Waals surface area contributed by atoms with Gasteiger partial charge in [-0.1, -0.05) is 54.6 Å². The lowest BCUT2D eigenvalue weighted by Gasteiger charge is -2.41. The highest BCUT2D eigenvalue weighted by Gasteiger charge is 2.53. The Balaban J connectivity index is 1.75. The molecule has 7 heteroatoms. The maximum atomic E-state index is 14.0. The van der Waals surface area contributed by atoms with Gasteiger partial charge in [0, 0.05) is 6.54 Å². The van der Waals surface area contributed by atoms with Crippen LogP contribution in [0.5, 0.6) is 0 Å². The second-order valence-corrected chi connectivity index (χ2v) is 11.6. The molecule has 0 spiro atoms. The van der Waals surface area contributed by atoms with Crippen LogP contribution in [0.15, 0.2) is 66.7 Å². The topological polar surface area (TPSA) is 102 Å². The Hall–Kier alpha value is -3.55. The molecule has 1 amide bonds. The van der Waals surface area contributed by atoms with Gasteiger partial charge in [-0.05, 0) is 93.6 Å². The fraction of sp³-hybridized carbons (Fsp3) is 0.406. The minimum atomic E-state index is -1.86. The van der Waals surface area contributed by atoms with Crippen LogP contribution >= 0.6 is 0 Å². The first-order valence-electron chi connectivity index (χ1n) is 13.6. The maximum Gasteiger partial charge on any atom is 0.340 e. The molecular weight excluding hydrogens is 490 g/mol. The highest BCUT2D eigenvalue weighted by atomic mass is 16.6. The van der Waals surface area contributed by atoms with Crippen LogP contribution in [0.3, 0.4) is 0 Å². The molecule has 4 rings (SSSR count). The zero-order chi connectivity index (χ0) is 28.4. The van der Waals surface area contributed by atoms with Crippen LogP contribution in [0, 0.1) is 0 Å². The summed E-state index contributed by atoms with van der Waals surface area (Å²) in [4.78, 5) is 42.6. The number of hydrogen-bond donors (Lipinski definition) is 2. The summed E-state index contributed by atoms with van der Waals surface area (Å²) in [6, 6.07) is 20.8. The van der Waals surface area contributed by atoms with Crippen molar-refractivity contribution in [2.75, 3.05) is 6.54 Å². The van der Waals surface area contributed by atoms with Crippen molar-refractivity contribution in [3.8, 4) is 11.1 Å². The first-order valence-corrected chi connectivity index (χ1v) is 13.6. The molecule has 0 bridgehead atoms. The fourth-order valence-electron chi connectivity index (χ4n) is 5.07. The van der Waals surface area contributed by atoms with E-state index in [1.807, 2.05) is 36.4 Å². The average molecular weight is 530 g/mol. The summed E-state index contributed by atoms with van der Waals surface area (Å²) in [5.74, 6) is -1.63. The van der Waals surface area contributed by atoms with E-state index in [4.69, 9.17) is 10.5 Å². The molecule has 206 valence electrons. The Morgan fingerprint density at radius 3 is 2.31 bits per heavy atom. The van der Waals surface area contributed by atoms with Crippen LogP contribution in [-0.2, 0) is 25.7 Å². The number of hydrogen-bond acceptors (Lipinski definition) is 6. The number of Topliss-reactive ketones (excluding diaryl/α,β-unsaturated/α-hetero) is 1. The summed E-state index contributed by atoms with van der Waals surface area (Å²) in [6.07, 6.45) is 1.41. The first-order chi connectivity index (χ1) is 18.4. The van der Waals surface area contributed by atoms with Gasteiger partial charge in [-0.3, -0.25) is 9.59 Å². The van der Waals surface area contributed by atoms with Crippen LogP contribution in [-0.4, -0.2) is 52.3 Å². The normalized spacial score (nSPS) is 17.8. The molecular formula is C32H39N3O4. The zero-order valence-corrected chi connectivity index (χ0v) is 23.5. The van der Waals surface area contributed by atoms with Gasteiger partial charge >= 0.3 is 5.97 Å². The average Bonchev–Trinajstić information content (AvgIpc) is 3.44. The first kappa shape index (κ1) is 28.5. The van der Waals surface area contributed by atoms with E-state index in [-0.39, 0.29) is 12.3 Å². The SMILES string of the molecule is CC(N)C(=O)N(Cc1cccc(-c2ccc3ccccc3c2)c1)C(C)(C(=O)OC(C)(C)C)C(=O)C1CCCN1. The number of benzene rings is 3. The van der Waals surface area contributed by atoms with E-state index in [9.17, 15) is 14.4 Å². The monoisotopic (exact) mass is 529 g/mol. The third-order valence-electron chi connectivity index (χ3n) is 7.20. The number of nitrogens with one attached hydrogen (secondary N) is 1. The number of nitrogens with zero attached hydrogens (tertiary/aromatic N) is 1. The van der Waals surface area contributed by atoms with Gasteiger partial charge in [0.15, 0.2) is 11.3 Å². The summed E-state index contributed by atoms with van der Waals surface area (Å²) in [7, 11) is 0. The quantitative estimate of drug-likeness (QED) is 0.327. The number of ketones is 1. The van der Waals surface area contributed by atoms with Crippen LogP contribution in [0.25, 0.3) is 21.9 Å². The fourth-order valence-corrected chi connectivity index (χ4v) is 5.07. The molecule has 3 aromatic rings. The molecule has 3 unspecified atom stereocenters. The van der Waals surface area contributed by atoms with E-state index in [1.54, 1.807) is 27.7 Å². The third kappa shape index (κ3) is 6.21. The minimum absolute atomic E-state index is 0.0238. The Morgan fingerprint density at radius 2 is 1.67 bits per heavy atom. The van der Waals surface area contributed by atoms with E-state index < -0.39 is 35.1 Å². The maximum absolute atomic E-state index is 14.0. The van der Waals surface area contributed by atoms with Gasteiger partial charge in [-0.25, -0.2) is 4.79 Å². The number of amides is 1. The predicted octanol–water partition coefficient (Wildman–Crippen LogP) is 4.60. The van der Waals surface area contributed by atoms with Crippen molar-refractivity contribution in [3.63, 3.8) is 0 Å². The molecule has 1 aliphatic heterocycles. The Kier molecular flexibility index (Phi) is 8.23. The molecule has 3 atom stereocenters. The van der Waals surface area contributed by atoms with E-state index in [0.717, 1.165) is 33.9 Å². The number of fused-ring (bicyclic) bond motifs is 1. The van der Waals surface area contributed by atoms with E-state index >= 15 is 0 Å². The molecule has 39 heavy (non-hydrogen) atoms. The second kappa shape index (κ2) is 11.3. The molecule has 0 saturated carbocycles. The van der Waals surface area contributed by atoms with Gasteiger partial charge in [0.1, 0.15) is 5.60 Å². The van der Waals surface area contributed by atoms with Gasteiger partial charge in [-0.15, -0.1) is 0 Å². The minimum Gasteiger partial charge on any atom is -0.458 e. The highest BCUT2D eigenvalue weighted by molar-refractivity contribution is 6.13. The van der Waals surface area contributed by atoms with Gasteiger partial charge in [0.2, 0.25) is 5.91 Å². The number of carbonyl (C=O) groups excluding carboxylic acids is 3. The molecule has 3 aromatic carbocycles. The number of esters is 1. The molecule has 1 saturated heterocycles. The van der Waals surface area contributed by atoms with Crippen molar-refractivity contribution in [1.29, 1.82) is 0 Å². The van der Waals surface area contributed by atoms with Crippen molar-refractivity contribution in [3.05, 3.63) is 72.3 Å². The van der Waals surface area contributed by atoms with Crippen LogP contribution in [0.1, 0.15) is 53.0 Å². The second-order valence-electron chi connectivity index (χ2n) is 11.6. The lowest BCUT2D eigenvalue weighted by molar-refractivity contribution is -0.177. The molecule has 1 aliphatic rings. The van der Waals surface area contributed by atoms with Crippen molar-refractivity contribution < 1.29 is 19.1 Å². The van der Waals surface area contributed by atoms with Gasteiger partial charge in [-0.2, -0.15) is 0 Å². The predicted molar refractivity (Wildman–Crippen MR) is 154 cm³/mol. The number of rotatable bonds is 8. The smallest absolute Gasteiger partial charge is 0.340 e. The lowest BCUT2D eigenvalue weighted by atomic mass is 9.87. The number of nitrogens with two attached hydrogens (primary N) is 1. The van der Waals surface area contributed by atoms with Crippen molar-refractivity contribution in [1.82, 2.24) is 10.2 Å². The largest absolute Gasteiger partial charge is 0.458 e. The molecule has 1 heterocycles. The van der Waals surface area contributed by atoms with E-state index in [1.165, 1.54) is 11.8 Å². The van der Waals surface area contributed by atoms with Crippen molar-refractivity contribution in [2.45, 2.75) is 77.2 Å². The molecule has 1 fully saturated rings. The van der Waals surface area contributed by atoms with E-state index in [0.29, 0.717) is 13.0 Å². The van der Waals surface area contributed by atoms with Crippen LogP contribution in [0.4, 0.5) is 0 Å². The number of carbonyl (C=O) groups is 3. The Labute approximate surface area is 230 Å².